The minimum Gasteiger partial charge on any atom is -0.366 e. The highest BCUT2D eigenvalue weighted by molar-refractivity contribution is 6.12. The van der Waals surface area contributed by atoms with E-state index in [2.05, 4.69) is 15.3 Å². The Bertz CT molecular complexity index is 1300. The molecule has 3 aromatic rings. The van der Waals surface area contributed by atoms with E-state index in [4.69, 9.17) is 5.73 Å². The molecule has 162 valence electrons. The fraction of sp³-hybridized carbons (Fsp3) is 0.318. The van der Waals surface area contributed by atoms with Crippen molar-refractivity contribution in [3.8, 4) is 0 Å². The molecule has 0 bridgehead atoms. The third-order valence-corrected chi connectivity index (χ3v) is 5.00. The van der Waals surface area contributed by atoms with E-state index >= 15 is 0 Å². The molecule has 1 aromatic carbocycles. The van der Waals surface area contributed by atoms with Crippen molar-refractivity contribution in [1.82, 2.24) is 14.5 Å². The molecule has 0 radical (unpaired) electrons. The van der Waals surface area contributed by atoms with Crippen LogP contribution < -0.4 is 22.3 Å². The number of rotatable bonds is 6. The molecule has 3 rings (SSSR count). The number of nitrogens with one attached hydrogen (secondary N) is 2. The van der Waals surface area contributed by atoms with Crippen LogP contribution in [0, 0.1) is 6.92 Å². The van der Waals surface area contributed by atoms with Crippen LogP contribution in [0.2, 0.25) is 0 Å². The lowest BCUT2D eigenvalue weighted by molar-refractivity contribution is 0.0998. The number of primary amides is 1. The van der Waals surface area contributed by atoms with E-state index in [9.17, 15) is 19.2 Å². The second-order valence-electron chi connectivity index (χ2n) is 7.71. The lowest BCUT2D eigenvalue weighted by Gasteiger charge is -2.15. The molecule has 0 saturated carbocycles. The minimum absolute atomic E-state index is 0.0301. The summed E-state index contributed by atoms with van der Waals surface area (Å²) in [6.45, 7) is 7.80. The molecule has 2 amide bonds. The Morgan fingerprint density at radius 3 is 2.48 bits per heavy atom. The molecule has 31 heavy (non-hydrogen) atoms. The topological polar surface area (TPSA) is 140 Å². The highest BCUT2D eigenvalue weighted by Gasteiger charge is 2.21. The van der Waals surface area contributed by atoms with E-state index in [0.29, 0.717) is 35.5 Å². The number of aromatic amines is 1. The number of carbonyl (C=O) groups is 2. The monoisotopic (exact) mass is 423 g/mol. The Hall–Kier alpha value is -3.75. The lowest BCUT2D eigenvalue weighted by atomic mass is 10.0. The van der Waals surface area contributed by atoms with E-state index in [1.807, 2.05) is 20.8 Å². The van der Waals surface area contributed by atoms with Gasteiger partial charge in [-0.05, 0) is 49.1 Å². The van der Waals surface area contributed by atoms with Gasteiger partial charge in [0.05, 0.1) is 10.9 Å². The molecule has 4 N–H and O–H groups in total. The Balaban J connectivity index is 2.18. The number of hydrogen-bond donors (Lipinski definition) is 3. The molecule has 9 heteroatoms. The van der Waals surface area contributed by atoms with E-state index in [0.717, 1.165) is 0 Å². The number of benzene rings is 1. The average Bonchev–Trinajstić information content (AvgIpc) is 2.69. The van der Waals surface area contributed by atoms with Crippen molar-refractivity contribution in [2.24, 2.45) is 5.73 Å². The zero-order valence-corrected chi connectivity index (χ0v) is 17.9. The molecular weight excluding hydrogens is 398 g/mol. The van der Waals surface area contributed by atoms with Crippen molar-refractivity contribution in [3.05, 3.63) is 67.5 Å². The van der Waals surface area contributed by atoms with Gasteiger partial charge in [-0.2, -0.15) is 0 Å². The molecule has 2 heterocycles. The van der Waals surface area contributed by atoms with E-state index < -0.39 is 23.1 Å². The van der Waals surface area contributed by atoms with Gasteiger partial charge in [0.25, 0.3) is 11.5 Å². The van der Waals surface area contributed by atoms with Gasteiger partial charge < -0.3 is 11.1 Å². The van der Waals surface area contributed by atoms with Gasteiger partial charge in [-0.25, -0.2) is 9.78 Å². The summed E-state index contributed by atoms with van der Waals surface area (Å²) in [6, 6.07) is 6.29. The maximum absolute atomic E-state index is 13.2. The van der Waals surface area contributed by atoms with Crippen LogP contribution in [0.3, 0.4) is 0 Å². The predicted octanol–water partition coefficient (Wildman–Crippen LogP) is 2.28. The van der Waals surface area contributed by atoms with Crippen molar-refractivity contribution in [1.29, 1.82) is 0 Å². The third-order valence-electron chi connectivity index (χ3n) is 5.00. The summed E-state index contributed by atoms with van der Waals surface area (Å²) in [7, 11) is 0. The van der Waals surface area contributed by atoms with Crippen LogP contribution in [-0.2, 0) is 6.54 Å². The number of H-pyrrole nitrogens is 1. The smallest absolute Gasteiger partial charge is 0.329 e. The van der Waals surface area contributed by atoms with Gasteiger partial charge in [-0.3, -0.25) is 23.9 Å². The number of amides is 2. The number of nitrogens with two attached hydrogens (primary N) is 1. The zero-order valence-electron chi connectivity index (χ0n) is 17.9. The third kappa shape index (κ3) is 4.25. The first-order valence-electron chi connectivity index (χ1n) is 10.0. The summed E-state index contributed by atoms with van der Waals surface area (Å²) in [4.78, 5) is 56.4. The van der Waals surface area contributed by atoms with Crippen molar-refractivity contribution >= 4 is 28.5 Å². The molecule has 2 aromatic heterocycles. The summed E-state index contributed by atoms with van der Waals surface area (Å²) in [6.07, 6.45) is 0.654. The first kappa shape index (κ1) is 21.9. The van der Waals surface area contributed by atoms with E-state index in [1.54, 1.807) is 25.1 Å². The lowest BCUT2D eigenvalue weighted by Crippen LogP contribution is -2.32. The van der Waals surface area contributed by atoms with E-state index in [-0.39, 0.29) is 22.5 Å². The van der Waals surface area contributed by atoms with Crippen LogP contribution in [0.4, 0.5) is 5.69 Å². The number of aromatic nitrogens is 3. The predicted molar refractivity (Wildman–Crippen MR) is 119 cm³/mol. The summed E-state index contributed by atoms with van der Waals surface area (Å²) >= 11 is 0. The molecule has 0 aliphatic rings. The fourth-order valence-corrected chi connectivity index (χ4v) is 3.42. The summed E-state index contributed by atoms with van der Waals surface area (Å²) in [5.74, 6) is -1.11. The quantitative estimate of drug-likeness (QED) is 0.558. The Kier molecular flexibility index (Phi) is 6.05. The van der Waals surface area contributed by atoms with Gasteiger partial charge in [0, 0.05) is 23.5 Å². The number of nitrogens with zero attached hydrogens (tertiary/aromatic N) is 2. The molecule has 0 aliphatic carbocycles. The molecule has 0 unspecified atom stereocenters. The van der Waals surface area contributed by atoms with Gasteiger partial charge >= 0.3 is 5.69 Å². The largest absolute Gasteiger partial charge is 0.366 e. The van der Waals surface area contributed by atoms with Gasteiger partial charge in [0.2, 0.25) is 5.91 Å². The number of carbonyl (C=O) groups excluding carboxylic acids is 2. The van der Waals surface area contributed by atoms with Crippen molar-refractivity contribution in [2.45, 2.75) is 46.6 Å². The van der Waals surface area contributed by atoms with Crippen LogP contribution in [0.1, 0.15) is 65.1 Å². The minimum atomic E-state index is -0.666. The van der Waals surface area contributed by atoms with Crippen LogP contribution in [0.5, 0.6) is 0 Å². The standard InChI is InChI=1S/C22H25N5O4/c1-5-8-27-19-17(21(30)26-22(27)31)15(10-16(25-19)11(2)3)20(29)24-13-6-7-14(18(23)28)12(4)9-13/h6-7,9-11H,5,8H2,1-4H3,(H2,23,28)(H,24,29)(H,26,30,31). The van der Waals surface area contributed by atoms with E-state index in [1.165, 1.54) is 10.6 Å². The number of aryl methyl sites for hydroxylation is 2. The maximum atomic E-state index is 13.2. The number of pyridine rings is 1. The average molecular weight is 423 g/mol. The maximum Gasteiger partial charge on any atom is 0.329 e. The number of anilines is 1. The van der Waals surface area contributed by atoms with Crippen molar-refractivity contribution in [2.75, 3.05) is 5.32 Å². The summed E-state index contributed by atoms with van der Waals surface area (Å²) in [5, 5.41) is 2.81. The number of hydrogen-bond acceptors (Lipinski definition) is 5. The molecular formula is C22H25N5O4. The van der Waals surface area contributed by atoms with Crippen LogP contribution in [0.25, 0.3) is 11.0 Å². The van der Waals surface area contributed by atoms with Crippen LogP contribution >= 0.6 is 0 Å². The van der Waals surface area contributed by atoms with Crippen molar-refractivity contribution in [3.63, 3.8) is 0 Å². The highest BCUT2D eigenvalue weighted by atomic mass is 16.2. The normalized spacial score (nSPS) is 11.1. The van der Waals surface area contributed by atoms with Gasteiger partial charge in [0.1, 0.15) is 0 Å². The second kappa shape index (κ2) is 8.55. The molecule has 0 atom stereocenters. The SMILES string of the molecule is CCCn1c(=O)[nH]c(=O)c2c(C(=O)Nc3ccc(C(N)=O)c(C)c3)cc(C(C)C)nc21. The molecule has 9 nitrogen and oxygen atoms in total. The van der Waals surface area contributed by atoms with Gasteiger partial charge in [-0.1, -0.05) is 20.8 Å². The van der Waals surface area contributed by atoms with Crippen molar-refractivity contribution < 1.29 is 9.59 Å². The molecule has 0 spiro atoms. The van der Waals surface area contributed by atoms with Gasteiger partial charge in [0.15, 0.2) is 5.65 Å². The summed E-state index contributed by atoms with van der Waals surface area (Å²) in [5.41, 5.74) is 6.42. The molecule has 0 saturated heterocycles. The summed E-state index contributed by atoms with van der Waals surface area (Å²) < 4.78 is 1.38. The second-order valence-corrected chi connectivity index (χ2v) is 7.71. The highest BCUT2D eigenvalue weighted by Crippen LogP contribution is 2.22. The zero-order chi connectivity index (χ0) is 22.9. The van der Waals surface area contributed by atoms with Gasteiger partial charge in [-0.15, -0.1) is 0 Å². The first-order chi connectivity index (χ1) is 14.6. The Morgan fingerprint density at radius 1 is 1.19 bits per heavy atom. The number of fused-ring (bicyclic) bond motifs is 1. The molecule has 0 aliphatic heterocycles. The Labute approximate surface area is 178 Å². The van der Waals surface area contributed by atoms with Crippen LogP contribution in [0.15, 0.2) is 33.9 Å². The Morgan fingerprint density at radius 2 is 1.90 bits per heavy atom. The van der Waals surface area contributed by atoms with Crippen LogP contribution in [-0.4, -0.2) is 26.3 Å². The first-order valence-corrected chi connectivity index (χ1v) is 10.0. The fourth-order valence-electron chi connectivity index (χ4n) is 3.42. The molecule has 0 fully saturated rings.